The van der Waals surface area contributed by atoms with Gasteiger partial charge in [-0.25, -0.2) is 4.98 Å². The fraction of sp³-hybridized carbons (Fsp3) is 0.368. The second kappa shape index (κ2) is 6.61. The molecule has 2 aromatic heterocycles. The van der Waals surface area contributed by atoms with E-state index in [1.54, 1.807) is 6.20 Å². The molecule has 1 N–H and O–H groups in total. The number of carbonyl (C=O) groups is 1. The van der Waals surface area contributed by atoms with Gasteiger partial charge in [0.2, 0.25) is 0 Å². The second-order valence-corrected chi connectivity index (χ2v) is 6.50. The van der Waals surface area contributed by atoms with Crippen molar-refractivity contribution in [1.29, 1.82) is 0 Å². The summed E-state index contributed by atoms with van der Waals surface area (Å²) in [5, 5.41) is 1.29. The highest BCUT2D eigenvalue weighted by molar-refractivity contribution is 5.85. The number of piperidine rings is 1. The zero-order valence-electron chi connectivity index (χ0n) is 13.7. The number of imidazole rings is 1. The molecule has 5 nitrogen and oxygen atoms in total. The topological polar surface area (TPSA) is 53.9 Å². The fourth-order valence-electron chi connectivity index (χ4n) is 3.46. The van der Waals surface area contributed by atoms with Crippen LogP contribution >= 0.6 is 0 Å². The summed E-state index contributed by atoms with van der Waals surface area (Å²) < 4.78 is 2.03. The van der Waals surface area contributed by atoms with E-state index in [0.717, 1.165) is 51.0 Å². The molecule has 124 valence electrons. The van der Waals surface area contributed by atoms with Crippen molar-refractivity contribution in [2.24, 2.45) is 0 Å². The van der Waals surface area contributed by atoms with Crippen LogP contribution in [0.1, 0.15) is 24.8 Å². The summed E-state index contributed by atoms with van der Waals surface area (Å²) in [6.45, 7) is 2.93. The number of benzene rings is 1. The number of ketones is 1. The summed E-state index contributed by atoms with van der Waals surface area (Å²) in [4.78, 5) is 21.2. The summed E-state index contributed by atoms with van der Waals surface area (Å²) in [6.07, 6.45) is 11.3. The van der Waals surface area contributed by atoms with Crippen molar-refractivity contribution in [2.45, 2.75) is 25.7 Å². The van der Waals surface area contributed by atoms with Gasteiger partial charge in [0.15, 0.2) is 0 Å². The Morgan fingerprint density at radius 2 is 2.08 bits per heavy atom. The molecule has 1 aliphatic rings. The third-order valence-electron chi connectivity index (χ3n) is 4.89. The van der Waals surface area contributed by atoms with Gasteiger partial charge in [0.1, 0.15) is 5.78 Å². The Morgan fingerprint density at radius 1 is 1.21 bits per heavy atom. The Hall–Kier alpha value is -2.40. The second-order valence-electron chi connectivity index (χ2n) is 6.50. The molecule has 1 aromatic carbocycles. The van der Waals surface area contributed by atoms with Gasteiger partial charge in [0.05, 0.1) is 6.33 Å². The highest BCUT2D eigenvalue weighted by atomic mass is 16.1. The molecular formula is C19H22N4O. The largest absolute Gasteiger partial charge is 0.361 e. The molecule has 1 fully saturated rings. The number of Topliss-reactive ketones (excluding diaryl/α,β-unsaturated/α-hetero) is 1. The lowest BCUT2D eigenvalue weighted by Crippen LogP contribution is -2.34. The number of aryl methyl sites for hydroxylation is 1. The molecule has 5 heteroatoms. The number of nitrogens with zero attached hydrogens (tertiary/aromatic N) is 3. The van der Waals surface area contributed by atoms with Crippen LogP contribution in [0.15, 0.2) is 43.1 Å². The van der Waals surface area contributed by atoms with Gasteiger partial charge in [-0.1, -0.05) is 0 Å². The molecule has 0 spiro atoms. The van der Waals surface area contributed by atoms with Crippen LogP contribution in [-0.2, 0) is 11.2 Å². The number of hydrogen-bond donors (Lipinski definition) is 1. The Kier molecular flexibility index (Phi) is 4.17. The molecule has 0 saturated carbocycles. The molecule has 3 heterocycles. The van der Waals surface area contributed by atoms with Crippen molar-refractivity contribution < 1.29 is 4.79 Å². The average molecular weight is 322 g/mol. The number of rotatable bonds is 5. The van der Waals surface area contributed by atoms with E-state index in [2.05, 4.69) is 39.3 Å². The molecule has 0 unspecified atom stereocenters. The van der Waals surface area contributed by atoms with Crippen LogP contribution in [0.3, 0.4) is 0 Å². The molecule has 0 aliphatic carbocycles. The van der Waals surface area contributed by atoms with E-state index in [9.17, 15) is 4.79 Å². The normalized spacial score (nSPS) is 16.1. The lowest BCUT2D eigenvalue weighted by atomic mass is 10.1. The number of hydrogen-bond acceptors (Lipinski definition) is 3. The molecule has 0 amide bonds. The highest BCUT2D eigenvalue weighted by Gasteiger charge is 2.15. The molecular weight excluding hydrogens is 300 g/mol. The van der Waals surface area contributed by atoms with Gasteiger partial charge in [-0.3, -0.25) is 4.79 Å². The minimum Gasteiger partial charge on any atom is -0.361 e. The Bertz CT molecular complexity index is 824. The fourth-order valence-corrected chi connectivity index (χ4v) is 3.46. The van der Waals surface area contributed by atoms with E-state index in [1.807, 2.05) is 17.1 Å². The lowest BCUT2D eigenvalue weighted by molar-refractivity contribution is -0.121. The quantitative estimate of drug-likeness (QED) is 0.786. The number of fused-ring (bicyclic) bond motifs is 1. The smallest absolute Gasteiger partial charge is 0.135 e. The van der Waals surface area contributed by atoms with Crippen LogP contribution in [-0.4, -0.2) is 44.9 Å². The van der Waals surface area contributed by atoms with Crippen molar-refractivity contribution in [3.63, 3.8) is 0 Å². The highest BCUT2D eigenvalue weighted by Crippen LogP contribution is 2.23. The maximum atomic E-state index is 11.3. The standard InChI is InChI=1S/C19H22N4O/c24-17-5-9-22(10-6-17)8-1-2-15-13-21-19-4-3-16(12-18(15)19)23-11-7-20-14-23/h3-4,7,11-14,21H,1-2,5-6,8-10H2. The monoisotopic (exact) mass is 322 g/mol. The summed E-state index contributed by atoms with van der Waals surface area (Å²) in [6, 6.07) is 6.46. The van der Waals surface area contributed by atoms with E-state index < -0.39 is 0 Å². The SMILES string of the molecule is O=C1CCN(CCCc2c[nH]c3ccc(-n4ccnc4)cc23)CC1. The first kappa shape index (κ1) is 15.1. The zero-order valence-corrected chi connectivity index (χ0v) is 13.7. The summed E-state index contributed by atoms with van der Waals surface area (Å²) in [5.41, 5.74) is 3.67. The van der Waals surface area contributed by atoms with E-state index in [0.29, 0.717) is 5.78 Å². The number of H-pyrrole nitrogens is 1. The minimum absolute atomic E-state index is 0.412. The van der Waals surface area contributed by atoms with Crippen LogP contribution in [0.5, 0.6) is 0 Å². The van der Waals surface area contributed by atoms with Crippen LogP contribution in [0.2, 0.25) is 0 Å². The maximum Gasteiger partial charge on any atom is 0.135 e. The Morgan fingerprint density at radius 3 is 2.88 bits per heavy atom. The predicted octanol–water partition coefficient (Wildman–Crippen LogP) is 2.95. The Balaban J connectivity index is 1.44. The van der Waals surface area contributed by atoms with E-state index in [1.165, 1.54) is 16.5 Å². The number of carbonyl (C=O) groups excluding carboxylic acids is 1. The molecule has 0 radical (unpaired) electrons. The van der Waals surface area contributed by atoms with Crippen molar-refractivity contribution in [3.05, 3.63) is 48.7 Å². The summed E-state index contributed by atoms with van der Waals surface area (Å²) in [7, 11) is 0. The van der Waals surface area contributed by atoms with Gasteiger partial charge in [0, 0.05) is 61.1 Å². The molecule has 4 rings (SSSR count). The molecule has 0 atom stereocenters. The third kappa shape index (κ3) is 3.12. The molecule has 24 heavy (non-hydrogen) atoms. The van der Waals surface area contributed by atoms with Crippen molar-refractivity contribution in [3.8, 4) is 5.69 Å². The van der Waals surface area contributed by atoms with Gasteiger partial charge >= 0.3 is 0 Å². The van der Waals surface area contributed by atoms with E-state index >= 15 is 0 Å². The molecule has 3 aromatic rings. The van der Waals surface area contributed by atoms with Crippen LogP contribution in [0.25, 0.3) is 16.6 Å². The molecule has 0 bridgehead atoms. The summed E-state index contributed by atoms with van der Waals surface area (Å²) >= 11 is 0. The average Bonchev–Trinajstić information content (AvgIpc) is 3.26. The van der Waals surface area contributed by atoms with Gasteiger partial charge in [-0.05, 0) is 43.1 Å². The summed E-state index contributed by atoms with van der Waals surface area (Å²) in [5.74, 6) is 0.412. The van der Waals surface area contributed by atoms with Crippen LogP contribution in [0.4, 0.5) is 0 Å². The number of aromatic nitrogens is 3. The first-order chi connectivity index (χ1) is 11.8. The maximum absolute atomic E-state index is 11.3. The number of nitrogens with one attached hydrogen (secondary N) is 1. The van der Waals surface area contributed by atoms with Gasteiger partial charge in [-0.15, -0.1) is 0 Å². The van der Waals surface area contributed by atoms with Crippen molar-refractivity contribution in [1.82, 2.24) is 19.4 Å². The lowest BCUT2D eigenvalue weighted by Gasteiger charge is -2.25. The zero-order chi connectivity index (χ0) is 16.4. The van der Waals surface area contributed by atoms with Gasteiger partial charge in [-0.2, -0.15) is 0 Å². The molecule has 1 aliphatic heterocycles. The van der Waals surface area contributed by atoms with Crippen molar-refractivity contribution in [2.75, 3.05) is 19.6 Å². The first-order valence-corrected chi connectivity index (χ1v) is 8.62. The predicted molar refractivity (Wildman–Crippen MR) is 94.4 cm³/mol. The van der Waals surface area contributed by atoms with Gasteiger partial charge in [0.25, 0.3) is 0 Å². The van der Waals surface area contributed by atoms with Crippen LogP contribution < -0.4 is 0 Å². The van der Waals surface area contributed by atoms with Gasteiger partial charge < -0.3 is 14.5 Å². The van der Waals surface area contributed by atoms with Crippen LogP contribution in [0, 0.1) is 0 Å². The number of aromatic amines is 1. The minimum atomic E-state index is 0.412. The van der Waals surface area contributed by atoms with Crippen molar-refractivity contribution >= 4 is 16.7 Å². The van der Waals surface area contributed by atoms with E-state index in [-0.39, 0.29) is 0 Å². The Labute approximate surface area is 141 Å². The van der Waals surface area contributed by atoms with E-state index in [4.69, 9.17) is 0 Å². The third-order valence-corrected chi connectivity index (χ3v) is 4.89. The number of likely N-dealkylation sites (tertiary alicyclic amines) is 1. The first-order valence-electron chi connectivity index (χ1n) is 8.62. The molecule has 1 saturated heterocycles.